The third-order valence-corrected chi connectivity index (χ3v) is 3.90. The lowest BCUT2D eigenvalue weighted by Gasteiger charge is -2.40. The fraction of sp³-hybridized carbons (Fsp3) is 0.357. The number of aromatic nitrogens is 3. The van der Waals surface area contributed by atoms with E-state index < -0.39 is 5.41 Å². The molecule has 1 fully saturated rings. The number of nitrogens with one attached hydrogen (secondary N) is 2. The van der Waals surface area contributed by atoms with E-state index in [4.69, 9.17) is 0 Å². The SMILES string of the molecule is O=C(NCc1ncn[nH]1)C1(c2cccc(F)c2)CCC1. The van der Waals surface area contributed by atoms with E-state index in [2.05, 4.69) is 20.5 Å². The quantitative estimate of drug-likeness (QED) is 0.891. The Morgan fingerprint density at radius 2 is 2.30 bits per heavy atom. The summed E-state index contributed by atoms with van der Waals surface area (Å²) in [6.07, 6.45) is 3.87. The Kier molecular flexibility index (Phi) is 3.22. The van der Waals surface area contributed by atoms with Crippen LogP contribution in [0.2, 0.25) is 0 Å². The van der Waals surface area contributed by atoms with Gasteiger partial charge in [0, 0.05) is 0 Å². The second-order valence-electron chi connectivity index (χ2n) is 5.06. The van der Waals surface area contributed by atoms with Crippen LogP contribution < -0.4 is 5.32 Å². The van der Waals surface area contributed by atoms with Gasteiger partial charge in [0.1, 0.15) is 18.0 Å². The molecule has 0 atom stereocenters. The van der Waals surface area contributed by atoms with Crippen LogP contribution >= 0.6 is 0 Å². The first-order valence-electron chi connectivity index (χ1n) is 6.59. The Bertz CT molecular complexity index is 607. The molecule has 0 aliphatic heterocycles. The topological polar surface area (TPSA) is 70.7 Å². The maximum absolute atomic E-state index is 13.4. The molecule has 1 aliphatic carbocycles. The minimum atomic E-state index is -0.595. The molecule has 0 unspecified atom stereocenters. The van der Waals surface area contributed by atoms with Crippen molar-refractivity contribution in [1.82, 2.24) is 20.5 Å². The maximum atomic E-state index is 13.4. The summed E-state index contributed by atoms with van der Waals surface area (Å²) in [5, 5.41) is 9.27. The summed E-state index contributed by atoms with van der Waals surface area (Å²) in [5.41, 5.74) is 0.154. The predicted octanol–water partition coefficient (Wildman–Crippen LogP) is 1.68. The van der Waals surface area contributed by atoms with E-state index in [9.17, 15) is 9.18 Å². The van der Waals surface area contributed by atoms with Gasteiger partial charge < -0.3 is 5.32 Å². The third kappa shape index (κ3) is 2.17. The smallest absolute Gasteiger partial charge is 0.231 e. The fourth-order valence-corrected chi connectivity index (χ4v) is 2.61. The summed E-state index contributed by atoms with van der Waals surface area (Å²) in [6, 6.07) is 6.31. The minimum absolute atomic E-state index is 0.0780. The summed E-state index contributed by atoms with van der Waals surface area (Å²) in [7, 11) is 0. The first kappa shape index (κ1) is 12.8. The number of halogens is 1. The van der Waals surface area contributed by atoms with Crippen LogP contribution in [0.25, 0.3) is 0 Å². The van der Waals surface area contributed by atoms with E-state index >= 15 is 0 Å². The molecule has 0 radical (unpaired) electrons. The van der Waals surface area contributed by atoms with E-state index in [0.717, 1.165) is 24.8 Å². The fourth-order valence-electron chi connectivity index (χ4n) is 2.61. The third-order valence-electron chi connectivity index (χ3n) is 3.90. The molecular weight excluding hydrogens is 259 g/mol. The van der Waals surface area contributed by atoms with Crippen molar-refractivity contribution in [1.29, 1.82) is 0 Å². The molecule has 0 saturated heterocycles. The molecule has 0 bridgehead atoms. The normalized spacial score (nSPS) is 16.4. The molecule has 3 rings (SSSR count). The number of nitrogens with zero attached hydrogens (tertiary/aromatic N) is 2. The van der Waals surface area contributed by atoms with Gasteiger partial charge in [-0.15, -0.1) is 0 Å². The van der Waals surface area contributed by atoms with Gasteiger partial charge in [-0.2, -0.15) is 5.10 Å². The molecule has 6 heteroatoms. The Hall–Kier alpha value is -2.24. The van der Waals surface area contributed by atoms with Crippen molar-refractivity contribution in [3.63, 3.8) is 0 Å². The lowest BCUT2D eigenvalue weighted by molar-refractivity contribution is -0.130. The highest BCUT2D eigenvalue weighted by atomic mass is 19.1. The average Bonchev–Trinajstić information content (AvgIpc) is 2.88. The number of hydrogen-bond donors (Lipinski definition) is 2. The molecule has 1 aliphatic rings. The number of H-pyrrole nitrogens is 1. The zero-order valence-electron chi connectivity index (χ0n) is 10.9. The van der Waals surface area contributed by atoms with Gasteiger partial charge in [-0.05, 0) is 30.5 Å². The number of hydrogen-bond acceptors (Lipinski definition) is 3. The summed E-state index contributed by atoms with van der Waals surface area (Å²) >= 11 is 0. The van der Waals surface area contributed by atoms with Gasteiger partial charge in [-0.25, -0.2) is 9.37 Å². The number of benzene rings is 1. The van der Waals surface area contributed by atoms with Crippen molar-refractivity contribution in [2.75, 3.05) is 0 Å². The molecular formula is C14H15FN4O. The standard InChI is InChI=1S/C14H15FN4O/c15-11-4-1-3-10(7-11)14(5-2-6-14)13(20)16-8-12-17-9-18-19-12/h1,3-4,7,9H,2,5-6,8H2,(H,16,20)(H,17,18,19). The maximum Gasteiger partial charge on any atom is 0.231 e. The molecule has 1 aromatic heterocycles. The number of amides is 1. The van der Waals surface area contributed by atoms with Crippen LogP contribution in [0.3, 0.4) is 0 Å². The van der Waals surface area contributed by atoms with Crippen LogP contribution in [-0.2, 0) is 16.8 Å². The van der Waals surface area contributed by atoms with Crippen molar-refractivity contribution in [2.45, 2.75) is 31.2 Å². The van der Waals surface area contributed by atoms with Crippen molar-refractivity contribution in [3.8, 4) is 0 Å². The highest BCUT2D eigenvalue weighted by Crippen LogP contribution is 2.44. The van der Waals surface area contributed by atoms with Gasteiger partial charge in [0.15, 0.2) is 0 Å². The molecule has 5 nitrogen and oxygen atoms in total. The van der Waals surface area contributed by atoms with Crippen LogP contribution in [0.4, 0.5) is 4.39 Å². The second kappa shape index (κ2) is 5.03. The molecule has 2 N–H and O–H groups in total. The molecule has 2 aromatic rings. The Labute approximate surface area is 115 Å². The summed E-state index contributed by atoms with van der Waals surface area (Å²) in [5.74, 6) is 0.217. The predicted molar refractivity (Wildman–Crippen MR) is 70.2 cm³/mol. The van der Waals surface area contributed by atoms with E-state index in [1.165, 1.54) is 18.5 Å². The van der Waals surface area contributed by atoms with E-state index in [1.54, 1.807) is 6.07 Å². The van der Waals surface area contributed by atoms with Gasteiger partial charge in [-0.1, -0.05) is 18.6 Å². The van der Waals surface area contributed by atoms with Crippen LogP contribution in [0.1, 0.15) is 30.7 Å². The van der Waals surface area contributed by atoms with Gasteiger partial charge in [0.05, 0.1) is 12.0 Å². The van der Waals surface area contributed by atoms with Crippen molar-refractivity contribution in [3.05, 3.63) is 47.8 Å². The van der Waals surface area contributed by atoms with Crippen LogP contribution in [0.5, 0.6) is 0 Å². The number of rotatable bonds is 4. The highest BCUT2D eigenvalue weighted by molar-refractivity contribution is 5.89. The Morgan fingerprint density at radius 3 is 2.90 bits per heavy atom. The van der Waals surface area contributed by atoms with Gasteiger partial charge in [-0.3, -0.25) is 9.89 Å². The molecule has 1 aromatic carbocycles. The second-order valence-corrected chi connectivity index (χ2v) is 5.06. The average molecular weight is 274 g/mol. The summed E-state index contributed by atoms with van der Waals surface area (Å²) in [4.78, 5) is 16.4. The lowest BCUT2D eigenvalue weighted by Crippen LogP contribution is -2.49. The first-order valence-corrected chi connectivity index (χ1v) is 6.59. The van der Waals surface area contributed by atoms with E-state index in [-0.39, 0.29) is 11.7 Å². The highest BCUT2D eigenvalue weighted by Gasteiger charge is 2.45. The number of carbonyl (C=O) groups is 1. The monoisotopic (exact) mass is 274 g/mol. The van der Waals surface area contributed by atoms with Crippen molar-refractivity contribution < 1.29 is 9.18 Å². The lowest BCUT2D eigenvalue weighted by atomic mass is 9.64. The summed E-state index contributed by atoms with van der Waals surface area (Å²) < 4.78 is 13.4. The molecule has 20 heavy (non-hydrogen) atoms. The molecule has 1 amide bonds. The van der Waals surface area contributed by atoms with E-state index in [0.29, 0.717) is 12.4 Å². The van der Waals surface area contributed by atoms with Gasteiger partial charge in [0.25, 0.3) is 0 Å². The number of aromatic amines is 1. The largest absolute Gasteiger partial charge is 0.348 e. The van der Waals surface area contributed by atoms with Crippen LogP contribution in [-0.4, -0.2) is 21.1 Å². The van der Waals surface area contributed by atoms with Crippen molar-refractivity contribution in [2.24, 2.45) is 0 Å². The number of carbonyl (C=O) groups excluding carboxylic acids is 1. The van der Waals surface area contributed by atoms with E-state index in [1.807, 2.05) is 6.07 Å². The first-order chi connectivity index (χ1) is 9.71. The zero-order valence-corrected chi connectivity index (χ0v) is 10.9. The zero-order chi connectivity index (χ0) is 14.0. The molecule has 1 saturated carbocycles. The Balaban J connectivity index is 1.76. The van der Waals surface area contributed by atoms with Crippen LogP contribution in [0, 0.1) is 5.82 Å². The van der Waals surface area contributed by atoms with Gasteiger partial charge >= 0.3 is 0 Å². The molecule has 0 spiro atoms. The van der Waals surface area contributed by atoms with Gasteiger partial charge in [0.2, 0.25) is 5.91 Å². The van der Waals surface area contributed by atoms with Crippen molar-refractivity contribution >= 4 is 5.91 Å². The summed E-state index contributed by atoms with van der Waals surface area (Å²) in [6.45, 7) is 0.301. The Morgan fingerprint density at radius 1 is 1.45 bits per heavy atom. The minimum Gasteiger partial charge on any atom is -0.348 e. The molecule has 1 heterocycles. The van der Waals surface area contributed by atoms with Crippen LogP contribution in [0.15, 0.2) is 30.6 Å². The molecule has 104 valence electrons.